The van der Waals surface area contributed by atoms with Crippen LogP contribution in [0.25, 0.3) is 17.4 Å². The quantitative estimate of drug-likeness (QED) is 0.300. The number of furan rings is 1. The molecule has 0 atom stereocenters. The molecule has 0 bridgehead atoms. The fraction of sp³-hybridized carbons (Fsp3) is 0.200. The lowest BCUT2D eigenvalue weighted by atomic mass is 10.1. The van der Waals surface area contributed by atoms with Crippen LogP contribution in [0.2, 0.25) is 0 Å². The second-order valence-corrected chi connectivity index (χ2v) is 9.06. The summed E-state index contributed by atoms with van der Waals surface area (Å²) in [5, 5.41) is 12.0. The summed E-state index contributed by atoms with van der Waals surface area (Å²) in [7, 11) is 0. The van der Waals surface area contributed by atoms with Crippen molar-refractivity contribution < 1.29 is 14.1 Å². The molecule has 0 saturated carbocycles. The number of carbonyl (C=O) groups is 1. The molecular weight excluding hydrogens is 452 g/mol. The van der Waals surface area contributed by atoms with Gasteiger partial charge < -0.3 is 14.2 Å². The minimum absolute atomic E-state index is 0.0298. The van der Waals surface area contributed by atoms with Crippen molar-refractivity contribution in [2.45, 2.75) is 6.92 Å². The fourth-order valence-corrected chi connectivity index (χ4v) is 5.08. The summed E-state index contributed by atoms with van der Waals surface area (Å²) in [6.45, 7) is 5.39. The van der Waals surface area contributed by atoms with Crippen molar-refractivity contribution in [3.05, 3.63) is 87.0 Å². The topological polar surface area (TPSA) is 92.2 Å². The highest BCUT2D eigenvalue weighted by Gasteiger charge is 2.29. The molecule has 0 aliphatic carbocycles. The fourth-order valence-electron chi connectivity index (χ4n) is 4.14. The maximum absolute atomic E-state index is 12.5. The number of aliphatic imine (C=N–C) groups is 1. The average Bonchev–Trinajstić information content (AvgIpc) is 3.46. The molecule has 172 valence electrons. The monoisotopic (exact) mass is 474 g/mol. The van der Waals surface area contributed by atoms with Crippen molar-refractivity contribution in [2.24, 2.45) is 4.99 Å². The van der Waals surface area contributed by atoms with Crippen LogP contribution < -0.4 is 4.90 Å². The molecule has 5 rings (SSSR count). The van der Waals surface area contributed by atoms with Crippen LogP contribution in [-0.2, 0) is 4.79 Å². The smallest absolute Gasteiger partial charge is 0.286 e. The Bertz CT molecular complexity index is 1320. The van der Waals surface area contributed by atoms with Gasteiger partial charge in [-0.2, -0.15) is 4.99 Å². The summed E-state index contributed by atoms with van der Waals surface area (Å²) < 4.78 is 5.81. The number of rotatable bonds is 4. The van der Waals surface area contributed by atoms with Gasteiger partial charge >= 0.3 is 0 Å². The number of hydrogen-bond donors (Lipinski definition) is 0. The molecule has 2 aliphatic heterocycles. The third-order valence-electron chi connectivity index (χ3n) is 5.88. The predicted octanol–water partition coefficient (Wildman–Crippen LogP) is 4.96. The number of hydrogen-bond acceptors (Lipinski definition) is 7. The van der Waals surface area contributed by atoms with Gasteiger partial charge in [0.15, 0.2) is 5.17 Å². The standard InChI is InChI=1S/C25H22N4O4S/c1-17-6-2-4-8-20(17)27-12-14-28(15-13-27)25-26-24(30)23(34-25)16-18-10-11-22(33-18)19-7-3-5-9-21(19)29(31)32/h2-11,16H,12-15H2,1H3/b23-16-. The first-order valence-corrected chi connectivity index (χ1v) is 11.7. The molecule has 3 heterocycles. The Balaban J connectivity index is 1.26. The van der Waals surface area contributed by atoms with Crippen LogP contribution in [0, 0.1) is 17.0 Å². The molecule has 0 radical (unpaired) electrons. The number of piperazine rings is 1. The number of thioether (sulfide) groups is 1. The Morgan fingerprint density at radius 2 is 1.71 bits per heavy atom. The van der Waals surface area contributed by atoms with Gasteiger partial charge in [-0.05, 0) is 48.5 Å². The SMILES string of the molecule is Cc1ccccc1N1CCN(C2=NC(=O)/C(=C/c3ccc(-c4ccccc4[N+](=O)[O-])o3)S2)CC1. The van der Waals surface area contributed by atoms with Crippen molar-refractivity contribution in [3.8, 4) is 11.3 Å². The molecule has 2 aromatic carbocycles. The Morgan fingerprint density at radius 3 is 2.47 bits per heavy atom. The first-order valence-electron chi connectivity index (χ1n) is 10.9. The summed E-state index contributed by atoms with van der Waals surface area (Å²) in [5.74, 6) is 0.526. The highest BCUT2D eigenvalue weighted by Crippen LogP contribution is 2.34. The molecule has 0 spiro atoms. The van der Waals surface area contributed by atoms with Crippen molar-refractivity contribution in [3.63, 3.8) is 0 Å². The molecule has 9 heteroatoms. The van der Waals surface area contributed by atoms with Gasteiger partial charge in [0.2, 0.25) is 0 Å². The largest absolute Gasteiger partial charge is 0.456 e. The lowest BCUT2D eigenvalue weighted by Crippen LogP contribution is -2.48. The van der Waals surface area contributed by atoms with E-state index in [2.05, 4.69) is 39.9 Å². The maximum atomic E-state index is 12.5. The lowest BCUT2D eigenvalue weighted by molar-refractivity contribution is -0.384. The van der Waals surface area contributed by atoms with Crippen LogP contribution in [0.4, 0.5) is 11.4 Å². The number of nitro benzene ring substituents is 1. The van der Waals surface area contributed by atoms with Crippen molar-refractivity contribution >= 4 is 40.3 Å². The van der Waals surface area contributed by atoms with Gasteiger partial charge in [0.25, 0.3) is 11.6 Å². The normalized spacial score (nSPS) is 17.4. The summed E-state index contributed by atoms with van der Waals surface area (Å²) in [4.78, 5) is 32.6. The number of amidine groups is 1. The molecule has 0 N–H and O–H groups in total. The number of aryl methyl sites for hydroxylation is 1. The van der Waals surface area contributed by atoms with E-state index in [1.165, 1.54) is 29.1 Å². The molecule has 1 fully saturated rings. The molecule has 1 aromatic heterocycles. The molecule has 34 heavy (non-hydrogen) atoms. The second-order valence-electron chi connectivity index (χ2n) is 8.05. The van der Waals surface area contributed by atoms with E-state index in [1.54, 1.807) is 36.4 Å². The van der Waals surface area contributed by atoms with E-state index in [9.17, 15) is 14.9 Å². The number of anilines is 1. The van der Waals surface area contributed by atoms with Gasteiger partial charge in [0.1, 0.15) is 11.5 Å². The number of benzene rings is 2. The van der Waals surface area contributed by atoms with Crippen molar-refractivity contribution in [1.82, 2.24) is 4.90 Å². The summed E-state index contributed by atoms with van der Waals surface area (Å²) >= 11 is 1.33. The van der Waals surface area contributed by atoms with Crippen LogP contribution in [-0.4, -0.2) is 47.1 Å². The minimum atomic E-state index is -0.439. The Kier molecular flexibility index (Phi) is 5.93. The van der Waals surface area contributed by atoms with Crippen LogP contribution in [0.3, 0.4) is 0 Å². The molecule has 8 nitrogen and oxygen atoms in total. The van der Waals surface area contributed by atoms with Crippen LogP contribution in [0.1, 0.15) is 11.3 Å². The van der Waals surface area contributed by atoms with E-state index in [1.807, 2.05) is 6.07 Å². The zero-order chi connectivity index (χ0) is 23.7. The van der Waals surface area contributed by atoms with Gasteiger partial charge in [0.05, 0.1) is 15.4 Å². The van der Waals surface area contributed by atoms with Crippen LogP contribution >= 0.6 is 11.8 Å². The minimum Gasteiger partial charge on any atom is -0.456 e. The van der Waals surface area contributed by atoms with Crippen LogP contribution in [0.15, 0.2) is 75.0 Å². The summed E-state index contributed by atoms with van der Waals surface area (Å²) in [6, 6.07) is 18.1. The van der Waals surface area contributed by atoms with Gasteiger partial charge in [-0.25, -0.2) is 0 Å². The van der Waals surface area contributed by atoms with E-state index >= 15 is 0 Å². The van der Waals surface area contributed by atoms with Gasteiger partial charge in [-0.15, -0.1) is 0 Å². The molecule has 2 aliphatic rings. The highest BCUT2D eigenvalue weighted by atomic mass is 32.2. The van der Waals surface area contributed by atoms with E-state index < -0.39 is 4.92 Å². The summed E-state index contributed by atoms with van der Waals surface area (Å²) in [6.07, 6.45) is 1.64. The summed E-state index contributed by atoms with van der Waals surface area (Å²) in [5.41, 5.74) is 2.86. The molecule has 3 aromatic rings. The zero-order valence-electron chi connectivity index (χ0n) is 18.5. The number of nitrogens with zero attached hydrogens (tertiary/aromatic N) is 4. The van der Waals surface area contributed by atoms with E-state index in [0.29, 0.717) is 27.2 Å². The number of nitro groups is 1. The number of para-hydroxylation sites is 2. The van der Waals surface area contributed by atoms with Gasteiger partial charge in [-0.1, -0.05) is 30.3 Å². The maximum Gasteiger partial charge on any atom is 0.286 e. The molecule has 1 saturated heterocycles. The molecule has 0 unspecified atom stereocenters. The van der Waals surface area contributed by atoms with Crippen LogP contribution in [0.5, 0.6) is 0 Å². The van der Waals surface area contributed by atoms with E-state index in [4.69, 9.17) is 4.42 Å². The average molecular weight is 475 g/mol. The lowest BCUT2D eigenvalue weighted by Gasteiger charge is -2.37. The Morgan fingerprint density at radius 1 is 1.00 bits per heavy atom. The molecular formula is C25H22N4O4S. The third-order valence-corrected chi connectivity index (χ3v) is 6.93. The highest BCUT2D eigenvalue weighted by molar-refractivity contribution is 8.18. The number of amides is 1. The first kappa shape index (κ1) is 22.0. The second kappa shape index (κ2) is 9.18. The van der Waals surface area contributed by atoms with E-state index in [-0.39, 0.29) is 11.6 Å². The zero-order valence-corrected chi connectivity index (χ0v) is 19.3. The number of carbonyl (C=O) groups excluding carboxylic acids is 1. The van der Waals surface area contributed by atoms with Gasteiger partial charge in [-0.3, -0.25) is 14.9 Å². The Labute approximate surface area is 200 Å². The van der Waals surface area contributed by atoms with E-state index in [0.717, 1.165) is 26.2 Å². The van der Waals surface area contributed by atoms with Crippen molar-refractivity contribution in [1.29, 1.82) is 0 Å². The van der Waals surface area contributed by atoms with Crippen molar-refractivity contribution in [2.75, 3.05) is 31.1 Å². The van der Waals surface area contributed by atoms with Gasteiger partial charge in [0, 0.05) is 44.0 Å². The first-order chi connectivity index (χ1) is 16.5. The Hall–Kier alpha value is -3.85. The third kappa shape index (κ3) is 4.34. The predicted molar refractivity (Wildman–Crippen MR) is 134 cm³/mol. The molecule has 1 amide bonds.